The minimum absolute atomic E-state index is 0.0339. The number of carbonyl (C=O) groups is 1. The number of rotatable bonds is 5. The fourth-order valence-corrected chi connectivity index (χ4v) is 3.83. The number of nitrogens with two attached hydrogens (primary N) is 1. The summed E-state index contributed by atoms with van der Waals surface area (Å²) in [6.07, 6.45) is 5.13. The number of hydrogen-bond acceptors (Lipinski definition) is 4. The van der Waals surface area contributed by atoms with E-state index in [9.17, 15) is 13.2 Å². The number of sulfonamides is 1. The molecular formula is C10H21N3O3S. The molecule has 0 radical (unpaired) electrons. The summed E-state index contributed by atoms with van der Waals surface area (Å²) in [5, 5.41) is -1.10. The Kier molecular flexibility index (Phi) is 5.35. The first-order valence-electron chi connectivity index (χ1n) is 6.03. The predicted octanol–water partition coefficient (Wildman–Crippen LogP) is 0.00700. The number of hydrogen-bond donors (Lipinski definition) is 3. The van der Waals surface area contributed by atoms with Crippen LogP contribution in [0, 0.1) is 0 Å². The molecule has 1 saturated carbocycles. The smallest absolute Gasteiger partial charge is 0.253 e. The molecular weight excluding hydrogens is 242 g/mol. The summed E-state index contributed by atoms with van der Waals surface area (Å²) >= 11 is 0. The standard InChI is InChI=1S/C10H21N3O3S/c1-2-9(10(14)12-11)17(15,16)13-8-6-4-3-5-7-8/h8-9,13H,2-7,11H2,1H3,(H,12,14). The Bertz CT molecular complexity index is 350. The lowest BCUT2D eigenvalue weighted by molar-refractivity contribution is -0.120. The summed E-state index contributed by atoms with van der Waals surface area (Å²) in [6, 6.07) is -0.0339. The Morgan fingerprint density at radius 3 is 2.41 bits per heavy atom. The molecule has 0 aromatic carbocycles. The van der Waals surface area contributed by atoms with Gasteiger partial charge in [0.2, 0.25) is 10.0 Å². The summed E-state index contributed by atoms with van der Waals surface area (Å²) in [4.78, 5) is 11.4. The van der Waals surface area contributed by atoms with Gasteiger partial charge in [-0.25, -0.2) is 19.0 Å². The second kappa shape index (κ2) is 6.32. The summed E-state index contributed by atoms with van der Waals surface area (Å²) < 4.78 is 26.6. The van der Waals surface area contributed by atoms with Gasteiger partial charge in [-0.15, -0.1) is 0 Å². The Morgan fingerprint density at radius 2 is 1.94 bits per heavy atom. The highest BCUT2D eigenvalue weighted by Crippen LogP contribution is 2.19. The van der Waals surface area contributed by atoms with Crippen LogP contribution in [0.1, 0.15) is 45.4 Å². The van der Waals surface area contributed by atoms with E-state index in [0.717, 1.165) is 32.1 Å². The fourth-order valence-electron chi connectivity index (χ4n) is 2.17. The predicted molar refractivity (Wildman–Crippen MR) is 65.3 cm³/mol. The van der Waals surface area contributed by atoms with Gasteiger partial charge < -0.3 is 0 Å². The van der Waals surface area contributed by atoms with E-state index in [-0.39, 0.29) is 12.5 Å². The van der Waals surface area contributed by atoms with Crippen LogP contribution in [0.5, 0.6) is 0 Å². The quantitative estimate of drug-likeness (QED) is 0.369. The Hall–Kier alpha value is -0.660. The van der Waals surface area contributed by atoms with Gasteiger partial charge in [0.1, 0.15) is 0 Å². The third kappa shape index (κ3) is 3.93. The van der Waals surface area contributed by atoms with E-state index < -0.39 is 21.2 Å². The first kappa shape index (κ1) is 14.4. The van der Waals surface area contributed by atoms with Crippen molar-refractivity contribution in [1.29, 1.82) is 0 Å². The summed E-state index contributed by atoms with van der Waals surface area (Å²) in [5.41, 5.74) is 1.90. The molecule has 0 aromatic heterocycles. The minimum Gasteiger partial charge on any atom is -0.293 e. The second-order valence-corrected chi connectivity index (χ2v) is 6.30. The molecule has 0 bridgehead atoms. The molecule has 1 fully saturated rings. The van der Waals surface area contributed by atoms with Crippen LogP contribution >= 0.6 is 0 Å². The van der Waals surface area contributed by atoms with Gasteiger partial charge in [0.05, 0.1) is 0 Å². The molecule has 1 unspecified atom stereocenters. The molecule has 1 atom stereocenters. The zero-order valence-electron chi connectivity index (χ0n) is 10.1. The van der Waals surface area contributed by atoms with Crippen molar-refractivity contribution in [1.82, 2.24) is 10.1 Å². The number of nitrogens with one attached hydrogen (secondary N) is 2. The number of hydrazine groups is 1. The highest BCUT2D eigenvalue weighted by Gasteiger charge is 2.32. The van der Waals surface area contributed by atoms with Crippen LogP contribution in [0.4, 0.5) is 0 Å². The maximum atomic E-state index is 12.0. The van der Waals surface area contributed by atoms with Crippen LogP contribution in [-0.4, -0.2) is 25.6 Å². The van der Waals surface area contributed by atoms with Crippen molar-refractivity contribution in [2.24, 2.45) is 5.84 Å². The number of carbonyl (C=O) groups excluding carboxylic acids is 1. The van der Waals surface area contributed by atoms with Crippen LogP contribution in [-0.2, 0) is 14.8 Å². The van der Waals surface area contributed by atoms with Crippen molar-refractivity contribution >= 4 is 15.9 Å². The average Bonchev–Trinajstić information content (AvgIpc) is 2.29. The second-order valence-electron chi connectivity index (χ2n) is 4.40. The zero-order valence-corrected chi connectivity index (χ0v) is 10.9. The molecule has 0 aliphatic heterocycles. The first-order chi connectivity index (χ1) is 8.01. The van der Waals surface area contributed by atoms with Crippen LogP contribution in [0.3, 0.4) is 0 Å². The van der Waals surface area contributed by atoms with Crippen molar-refractivity contribution in [3.8, 4) is 0 Å². The van der Waals surface area contributed by atoms with Crippen molar-refractivity contribution < 1.29 is 13.2 Å². The van der Waals surface area contributed by atoms with Crippen LogP contribution in [0.15, 0.2) is 0 Å². The van der Waals surface area contributed by atoms with E-state index in [4.69, 9.17) is 5.84 Å². The molecule has 0 heterocycles. The summed E-state index contributed by atoms with van der Waals surface area (Å²) in [6.45, 7) is 1.65. The fraction of sp³-hybridized carbons (Fsp3) is 0.900. The van der Waals surface area contributed by atoms with Crippen LogP contribution in [0.2, 0.25) is 0 Å². The molecule has 1 amide bonds. The molecule has 4 N–H and O–H groups in total. The Balaban J connectivity index is 2.68. The largest absolute Gasteiger partial charge is 0.293 e. The topological polar surface area (TPSA) is 101 Å². The van der Waals surface area contributed by atoms with Crippen LogP contribution < -0.4 is 16.0 Å². The van der Waals surface area contributed by atoms with E-state index >= 15 is 0 Å². The molecule has 17 heavy (non-hydrogen) atoms. The van der Waals surface area contributed by atoms with E-state index in [1.165, 1.54) is 0 Å². The average molecular weight is 263 g/mol. The van der Waals surface area contributed by atoms with Gasteiger partial charge in [-0.05, 0) is 19.3 Å². The maximum absolute atomic E-state index is 12.0. The van der Waals surface area contributed by atoms with Gasteiger partial charge in [0.15, 0.2) is 5.25 Å². The highest BCUT2D eigenvalue weighted by molar-refractivity contribution is 7.90. The molecule has 1 aliphatic rings. The van der Waals surface area contributed by atoms with Crippen LogP contribution in [0.25, 0.3) is 0 Å². The molecule has 0 aromatic rings. The molecule has 100 valence electrons. The first-order valence-corrected chi connectivity index (χ1v) is 7.57. The summed E-state index contributed by atoms with van der Waals surface area (Å²) in [5.74, 6) is 4.33. The number of amides is 1. The lowest BCUT2D eigenvalue weighted by atomic mass is 9.96. The SMILES string of the molecule is CCC(C(=O)NN)S(=O)(=O)NC1CCCCC1. The molecule has 1 aliphatic carbocycles. The van der Waals surface area contributed by atoms with Gasteiger partial charge in [0.25, 0.3) is 5.91 Å². The van der Waals surface area contributed by atoms with Crippen molar-refractivity contribution in [2.75, 3.05) is 0 Å². The minimum atomic E-state index is -3.63. The van der Waals surface area contributed by atoms with E-state index in [0.29, 0.717) is 0 Å². The van der Waals surface area contributed by atoms with E-state index in [1.807, 2.05) is 5.43 Å². The lowest BCUT2D eigenvalue weighted by Crippen LogP contribution is -2.49. The lowest BCUT2D eigenvalue weighted by Gasteiger charge is -2.24. The van der Waals surface area contributed by atoms with Crippen molar-refractivity contribution in [3.05, 3.63) is 0 Å². The Morgan fingerprint density at radius 1 is 1.35 bits per heavy atom. The highest BCUT2D eigenvalue weighted by atomic mass is 32.2. The van der Waals surface area contributed by atoms with E-state index in [1.54, 1.807) is 6.92 Å². The van der Waals surface area contributed by atoms with Gasteiger partial charge >= 0.3 is 0 Å². The van der Waals surface area contributed by atoms with E-state index in [2.05, 4.69) is 4.72 Å². The van der Waals surface area contributed by atoms with Gasteiger partial charge in [-0.2, -0.15) is 0 Å². The summed E-state index contributed by atoms with van der Waals surface area (Å²) in [7, 11) is -3.63. The van der Waals surface area contributed by atoms with Gasteiger partial charge in [-0.3, -0.25) is 10.2 Å². The van der Waals surface area contributed by atoms with Crippen molar-refractivity contribution in [2.45, 2.75) is 56.7 Å². The molecule has 1 rings (SSSR count). The van der Waals surface area contributed by atoms with Crippen molar-refractivity contribution in [3.63, 3.8) is 0 Å². The monoisotopic (exact) mass is 263 g/mol. The van der Waals surface area contributed by atoms with Gasteiger partial charge in [0, 0.05) is 6.04 Å². The molecule has 0 spiro atoms. The maximum Gasteiger partial charge on any atom is 0.253 e. The Labute approximate surface area is 102 Å². The third-order valence-corrected chi connectivity index (χ3v) is 5.07. The molecule has 6 nitrogen and oxygen atoms in total. The molecule has 0 saturated heterocycles. The normalized spacial score (nSPS) is 19.9. The molecule has 7 heteroatoms. The van der Waals surface area contributed by atoms with Gasteiger partial charge in [-0.1, -0.05) is 26.2 Å². The third-order valence-electron chi connectivity index (χ3n) is 3.12. The zero-order chi connectivity index (χ0) is 12.9.